The van der Waals surface area contributed by atoms with E-state index in [0.717, 1.165) is 26.2 Å². The number of hydrogen-bond acceptors (Lipinski definition) is 4. The summed E-state index contributed by atoms with van der Waals surface area (Å²) in [6.07, 6.45) is 0.542. The Labute approximate surface area is 89.7 Å². The first kappa shape index (κ1) is 10.9. The highest BCUT2D eigenvalue weighted by molar-refractivity contribution is 5.76. The molecule has 0 aromatic carbocycles. The molecular weight excluding hydrogens is 196 g/mol. The van der Waals surface area contributed by atoms with Gasteiger partial charge < -0.3 is 19.7 Å². The molecule has 0 spiro atoms. The summed E-state index contributed by atoms with van der Waals surface area (Å²) in [5.41, 5.74) is 0. The summed E-state index contributed by atoms with van der Waals surface area (Å²) in [7, 11) is 0. The Balaban J connectivity index is 1.74. The van der Waals surface area contributed by atoms with Gasteiger partial charge in [0.05, 0.1) is 26.4 Å². The topological polar surface area (TPSA) is 50.8 Å². The summed E-state index contributed by atoms with van der Waals surface area (Å²) < 4.78 is 10.5. The van der Waals surface area contributed by atoms with E-state index >= 15 is 0 Å². The first-order valence-electron chi connectivity index (χ1n) is 5.53. The van der Waals surface area contributed by atoms with Gasteiger partial charge in [0, 0.05) is 32.1 Å². The van der Waals surface area contributed by atoms with Crippen LogP contribution in [0.1, 0.15) is 6.42 Å². The number of rotatable bonds is 2. The molecule has 2 rings (SSSR count). The maximum atomic E-state index is 11.8. The molecule has 2 aliphatic rings. The number of carbonyl (C=O) groups excluding carboxylic acids is 1. The van der Waals surface area contributed by atoms with Crippen LogP contribution in [-0.2, 0) is 14.3 Å². The molecule has 2 fully saturated rings. The van der Waals surface area contributed by atoms with Crippen molar-refractivity contribution in [3.05, 3.63) is 0 Å². The number of nitrogens with zero attached hydrogens (tertiary/aromatic N) is 1. The lowest BCUT2D eigenvalue weighted by molar-refractivity contribution is -0.136. The molecule has 5 nitrogen and oxygen atoms in total. The first-order chi connectivity index (χ1) is 7.36. The third-order valence-electron chi connectivity index (χ3n) is 2.78. The minimum atomic E-state index is 0.189. The third kappa shape index (κ3) is 3.15. The van der Waals surface area contributed by atoms with E-state index in [1.54, 1.807) is 0 Å². The molecule has 1 N–H and O–H groups in total. The monoisotopic (exact) mass is 214 g/mol. The van der Waals surface area contributed by atoms with Gasteiger partial charge in [-0.25, -0.2) is 0 Å². The van der Waals surface area contributed by atoms with Crippen LogP contribution in [0.2, 0.25) is 0 Å². The van der Waals surface area contributed by atoms with Crippen LogP contribution in [0.4, 0.5) is 0 Å². The quantitative estimate of drug-likeness (QED) is 0.655. The molecule has 0 aromatic heterocycles. The van der Waals surface area contributed by atoms with Crippen LogP contribution in [0.25, 0.3) is 0 Å². The van der Waals surface area contributed by atoms with Crippen molar-refractivity contribution in [1.82, 2.24) is 10.2 Å². The fraction of sp³-hybridized carbons (Fsp3) is 0.900. The molecule has 2 heterocycles. The molecule has 1 unspecified atom stereocenters. The zero-order valence-electron chi connectivity index (χ0n) is 8.91. The molecule has 1 atom stereocenters. The van der Waals surface area contributed by atoms with Gasteiger partial charge in [0.1, 0.15) is 0 Å². The second-order valence-electron chi connectivity index (χ2n) is 3.92. The summed E-state index contributed by atoms with van der Waals surface area (Å²) in [5.74, 6) is 0.210. The summed E-state index contributed by atoms with van der Waals surface area (Å²) in [6.45, 7) is 5.04. The maximum absolute atomic E-state index is 11.8. The Morgan fingerprint density at radius 3 is 2.73 bits per heavy atom. The zero-order chi connectivity index (χ0) is 10.5. The molecule has 0 aromatic rings. The standard InChI is InChI=1S/C10H18N2O3/c13-10(12-2-5-14-6-3-12)7-9-8-15-4-1-11-9/h9,11H,1-8H2. The first-order valence-corrected chi connectivity index (χ1v) is 5.53. The lowest BCUT2D eigenvalue weighted by Gasteiger charge is -2.30. The van der Waals surface area contributed by atoms with E-state index in [-0.39, 0.29) is 11.9 Å². The van der Waals surface area contributed by atoms with Gasteiger partial charge in [0.25, 0.3) is 0 Å². The van der Waals surface area contributed by atoms with E-state index in [0.29, 0.717) is 26.2 Å². The van der Waals surface area contributed by atoms with Crippen molar-refractivity contribution in [3.63, 3.8) is 0 Å². The molecule has 1 amide bonds. The van der Waals surface area contributed by atoms with Gasteiger partial charge in [0.15, 0.2) is 0 Å². The largest absolute Gasteiger partial charge is 0.378 e. The van der Waals surface area contributed by atoms with Gasteiger partial charge in [-0.1, -0.05) is 0 Å². The Morgan fingerprint density at radius 2 is 2.07 bits per heavy atom. The number of carbonyl (C=O) groups is 1. The van der Waals surface area contributed by atoms with Crippen LogP contribution in [0.5, 0.6) is 0 Å². The smallest absolute Gasteiger partial charge is 0.224 e. The van der Waals surface area contributed by atoms with E-state index in [4.69, 9.17) is 9.47 Å². The Morgan fingerprint density at radius 1 is 1.27 bits per heavy atom. The SMILES string of the molecule is O=C(CC1COCCN1)N1CCOCC1. The van der Waals surface area contributed by atoms with Gasteiger partial charge >= 0.3 is 0 Å². The van der Waals surface area contributed by atoms with Gasteiger partial charge in [-0.05, 0) is 0 Å². The number of hydrogen-bond donors (Lipinski definition) is 1. The summed E-state index contributed by atoms with van der Waals surface area (Å²) >= 11 is 0. The van der Waals surface area contributed by atoms with Crippen LogP contribution in [-0.4, -0.2) is 62.9 Å². The highest BCUT2D eigenvalue weighted by Crippen LogP contribution is 2.05. The van der Waals surface area contributed by atoms with Crippen LogP contribution in [0.15, 0.2) is 0 Å². The van der Waals surface area contributed by atoms with E-state index in [1.165, 1.54) is 0 Å². The van der Waals surface area contributed by atoms with Crippen molar-refractivity contribution in [2.45, 2.75) is 12.5 Å². The summed E-state index contributed by atoms with van der Waals surface area (Å²) in [5, 5.41) is 3.29. The van der Waals surface area contributed by atoms with Crippen molar-refractivity contribution in [3.8, 4) is 0 Å². The van der Waals surface area contributed by atoms with Gasteiger partial charge in [-0.15, -0.1) is 0 Å². The normalized spacial score (nSPS) is 27.7. The van der Waals surface area contributed by atoms with Crippen molar-refractivity contribution in [2.75, 3.05) is 46.1 Å². The van der Waals surface area contributed by atoms with Gasteiger partial charge in [0.2, 0.25) is 5.91 Å². The van der Waals surface area contributed by atoms with Crippen molar-refractivity contribution >= 4 is 5.91 Å². The molecule has 86 valence electrons. The van der Waals surface area contributed by atoms with Crippen LogP contribution in [0, 0.1) is 0 Å². The Hall–Kier alpha value is -0.650. The molecule has 0 aliphatic carbocycles. The zero-order valence-corrected chi connectivity index (χ0v) is 8.91. The van der Waals surface area contributed by atoms with E-state index in [2.05, 4.69) is 5.32 Å². The number of nitrogens with one attached hydrogen (secondary N) is 1. The van der Waals surface area contributed by atoms with Crippen LogP contribution >= 0.6 is 0 Å². The minimum absolute atomic E-state index is 0.189. The highest BCUT2D eigenvalue weighted by Gasteiger charge is 2.22. The molecule has 2 saturated heterocycles. The number of morpholine rings is 2. The molecule has 2 aliphatic heterocycles. The van der Waals surface area contributed by atoms with Crippen LogP contribution in [0.3, 0.4) is 0 Å². The molecule has 0 radical (unpaired) electrons. The number of amides is 1. The van der Waals surface area contributed by atoms with Crippen molar-refractivity contribution in [1.29, 1.82) is 0 Å². The van der Waals surface area contributed by atoms with Gasteiger partial charge in [-0.3, -0.25) is 4.79 Å². The van der Waals surface area contributed by atoms with Crippen LogP contribution < -0.4 is 5.32 Å². The van der Waals surface area contributed by atoms with Crippen molar-refractivity contribution < 1.29 is 14.3 Å². The molecule has 15 heavy (non-hydrogen) atoms. The summed E-state index contributed by atoms with van der Waals surface area (Å²) in [6, 6.07) is 0.189. The number of ether oxygens (including phenoxy) is 2. The van der Waals surface area contributed by atoms with E-state index in [9.17, 15) is 4.79 Å². The molecule has 0 saturated carbocycles. The lowest BCUT2D eigenvalue weighted by atomic mass is 10.1. The second kappa shape index (κ2) is 5.44. The lowest BCUT2D eigenvalue weighted by Crippen LogP contribution is -2.47. The second-order valence-corrected chi connectivity index (χ2v) is 3.92. The Bertz CT molecular complexity index is 211. The molecule has 5 heteroatoms. The predicted molar refractivity (Wildman–Crippen MR) is 54.6 cm³/mol. The fourth-order valence-corrected chi connectivity index (χ4v) is 1.90. The highest BCUT2D eigenvalue weighted by atomic mass is 16.5. The van der Waals surface area contributed by atoms with Crippen molar-refractivity contribution in [2.24, 2.45) is 0 Å². The molecule has 0 bridgehead atoms. The van der Waals surface area contributed by atoms with E-state index in [1.807, 2.05) is 4.90 Å². The van der Waals surface area contributed by atoms with E-state index < -0.39 is 0 Å². The minimum Gasteiger partial charge on any atom is -0.378 e. The molecular formula is C10H18N2O3. The fourth-order valence-electron chi connectivity index (χ4n) is 1.90. The maximum Gasteiger partial charge on any atom is 0.224 e. The average molecular weight is 214 g/mol. The summed E-state index contributed by atoms with van der Waals surface area (Å²) in [4.78, 5) is 13.7. The Kier molecular flexibility index (Phi) is 3.94. The third-order valence-corrected chi connectivity index (χ3v) is 2.78. The van der Waals surface area contributed by atoms with Gasteiger partial charge in [-0.2, -0.15) is 0 Å². The predicted octanol–water partition coefficient (Wildman–Crippen LogP) is -0.776. The average Bonchev–Trinajstić information content (AvgIpc) is 2.31.